The molecule has 6 aromatic rings. The van der Waals surface area contributed by atoms with Crippen LogP contribution in [0.25, 0.3) is 56.9 Å². The van der Waals surface area contributed by atoms with Gasteiger partial charge in [0, 0.05) is 22.2 Å². The number of hydrogen-bond acceptors (Lipinski definition) is 0. The van der Waals surface area contributed by atoms with Crippen LogP contribution in [0.4, 0.5) is 0 Å². The third-order valence-corrected chi connectivity index (χ3v) is 8.79. The smallest absolute Gasteiger partial charge is 0.0624 e. The van der Waals surface area contributed by atoms with E-state index in [1.165, 1.54) is 11.4 Å². The third kappa shape index (κ3) is 4.68. The van der Waals surface area contributed by atoms with Crippen LogP contribution in [0, 0.1) is 0 Å². The second kappa shape index (κ2) is 9.70. The lowest BCUT2D eigenvalue weighted by Crippen LogP contribution is -2.15. The minimum absolute atomic E-state index is 0.135. The average Bonchev–Trinajstić information content (AvgIpc) is 3.79. The van der Waals surface area contributed by atoms with Gasteiger partial charge in [0.25, 0.3) is 0 Å². The van der Waals surface area contributed by atoms with E-state index in [1.54, 1.807) is 0 Å². The molecule has 0 aliphatic heterocycles. The van der Waals surface area contributed by atoms with E-state index >= 15 is 0 Å². The summed E-state index contributed by atoms with van der Waals surface area (Å²) in [5.74, 6) is 0. The standard InChI is InChI=1S/C34H40N6/c1-7-33(3,4)31-19-17-29(39-31)27-15-13-25(37-27)23-11-9-21(35-23)22-10-12-24(36-22)26-14-16-28(38-26)30-18-20-32(40-30)34(5,6)8-2/h9-20,35-40H,7-8H2,1-6H3. The van der Waals surface area contributed by atoms with Gasteiger partial charge in [0.05, 0.1) is 56.9 Å². The molecule has 6 nitrogen and oxygen atoms in total. The molecule has 40 heavy (non-hydrogen) atoms. The van der Waals surface area contributed by atoms with Crippen molar-refractivity contribution < 1.29 is 0 Å². The lowest BCUT2D eigenvalue weighted by molar-refractivity contribution is 0.493. The lowest BCUT2D eigenvalue weighted by atomic mass is 9.87. The molecule has 0 saturated heterocycles. The average molecular weight is 533 g/mol. The zero-order chi connectivity index (χ0) is 28.1. The van der Waals surface area contributed by atoms with Gasteiger partial charge in [-0.1, -0.05) is 41.5 Å². The second-order valence-corrected chi connectivity index (χ2v) is 12.2. The summed E-state index contributed by atoms with van der Waals surface area (Å²) in [7, 11) is 0. The normalized spacial score (nSPS) is 12.4. The molecule has 0 saturated carbocycles. The second-order valence-electron chi connectivity index (χ2n) is 12.2. The first-order valence-corrected chi connectivity index (χ1v) is 14.3. The highest BCUT2D eigenvalue weighted by Gasteiger charge is 2.21. The highest BCUT2D eigenvalue weighted by Crippen LogP contribution is 2.32. The topological polar surface area (TPSA) is 94.7 Å². The Morgan fingerprint density at radius 3 is 0.775 bits per heavy atom. The molecule has 206 valence electrons. The fourth-order valence-corrected chi connectivity index (χ4v) is 5.11. The first-order chi connectivity index (χ1) is 19.2. The fraction of sp³-hybridized carbons (Fsp3) is 0.294. The zero-order valence-corrected chi connectivity index (χ0v) is 24.3. The van der Waals surface area contributed by atoms with Crippen LogP contribution in [0.2, 0.25) is 0 Å². The molecule has 0 amide bonds. The fourth-order valence-electron chi connectivity index (χ4n) is 5.11. The van der Waals surface area contributed by atoms with Gasteiger partial charge in [-0.25, -0.2) is 0 Å². The molecule has 0 aliphatic rings. The van der Waals surface area contributed by atoms with Crippen molar-refractivity contribution in [3.63, 3.8) is 0 Å². The van der Waals surface area contributed by atoms with E-state index in [0.29, 0.717) is 0 Å². The van der Waals surface area contributed by atoms with Crippen LogP contribution < -0.4 is 0 Å². The van der Waals surface area contributed by atoms with Crippen molar-refractivity contribution >= 4 is 0 Å². The number of H-pyrrole nitrogens is 6. The van der Waals surface area contributed by atoms with Gasteiger partial charge < -0.3 is 29.9 Å². The van der Waals surface area contributed by atoms with Gasteiger partial charge in [0.2, 0.25) is 0 Å². The Morgan fingerprint density at radius 2 is 0.550 bits per heavy atom. The van der Waals surface area contributed by atoms with Crippen molar-refractivity contribution in [2.45, 2.75) is 65.2 Å². The lowest BCUT2D eigenvalue weighted by Gasteiger charge is -2.20. The molecule has 0 radical (unpaired) electrons. The van der Waals surface area contributed by atoms with Gasteiger partial charge in [-0.3, -0.25) is 0 Å². The summed E-state index contributed by atoms with van der Waals surface area (Å²) in [6.07, 6.45) is 2.18. The Morgan fingerprint density at radius 1 is 0.350 bits per heavy atom. The van der Waals surface area contributed by atoms with E-state index in [-0.39, 0.29) is 10.8 Å². The molecule has 6 rings (SSSR count). The number of aromatic nitrogens is 6. The van der Waals surface area contributed by atoms with Crippen LogP contribution in [-0.4, -0.2) is 29.9 Å². The van der Waals surface area contributed by atoms with Gasteiger partial charge in [-0.2, -0.15) is 0 Å². The van der Waals surface area contributed by atoms with Crippen LogP contribution in [-0.2, 0) is 10.8 Å². The van der Waals surface area contributed by atoms with Crippen molar-refractivity contribution in [2.24, 2.45) is 0 Å². The molecular formula is C34H40N6. The molecule has 0 atom stereocenters. The SMILES string of the molecule is CCC(C)(C)c1ccc(-c2ccc(-c3ccc(-c4ccc(-c5ccc(-c6ccc(C(C)(C)CC)[nH]6)[nH]5)[nH]4)[nH]3)[nH]2)[nH]1. The maximum Gasteiger partial charge on any atom is 0.0624 e. The number of hydrogen-bond donors (Lipinski definition) is 6. The van der Waals surface area contributed by atoms with Crippen LogP contribution >= 0.6 is 0 Å². The number of nitrogens with one attached hydrogen (secondary N) is 6. The van der Waals surface area contributed by atoms with Crippen LogP contribution in [0.15, 0.2) is 72.8 Å². The molecule has 0 fully saturated rings. The van der Waals surface area contributed by atoms with Crippen LogP contribution in [0.3, 0.4) is 0 Å². The van der Waals surface area contributed by atoms with E-state index in [4.69, 9.17) is 0 Å². The van der Waals surface area contributed by atoms with Crippen molar-refractivity contribution in [1.29, 1.82) is 0 Å². The molecule has 0 unspecified atom stereocenters. The maximum absolute atomic E-state index is 3.61. The molecule has 6 heteroatoms. The van der Waals surface area contributed by atoms with E-state index in [1.807, 2.05) is 0 Å². The highest BCUT2D eigenvalue weighted by molar-refractivity contribution is 5.71. The Hall–Kier alpha value is -4.32. The first kappa shape index (κ1) is 25.9. The van der Waals surface area contributed by atoms with Crippen LogP contribution in [0.5, 0.6) is 0 Å². The van der Waals surface area contributed by atoms with Crippen molar-refractivity contribution in [3.8, 4) is 56.9 Å². The molecule has 0 aromatic carbocycles. The van der Waals surface area contributed by atoms with Gasteiger partial charge in [0.1, 0.15) is 0 Å². The zero-order valence-electron chi connectivity index (χ0n) is 24.3. The van der Waals surface area contributed by atoms with Gasteiger partial charge >= 0.3 is 0 Å². The Balaban J connectivity index is 1.18. The van der Waals surface area contributed by atoms with Crippen molar-refractivity contribution in [3.05, 3.63) is 84.2 Å². The van der Waals surface area contributed by atoms with Gasteiger partial charge in [-0.15, -0.1) is 0 Å². The monoisotopic (exact) mass is 532 g/mol. The minimum Gasteiger partial charge on any atom is -0.357 e. The summed E-state index contributed by atoms with van der Waals surface area (Å²) in [4.78, 5) is 21.5. The number of rotatable bonds is 9. The first-order valence-electron chi connectivity index (χ1n) is 14.3. The third-order valence-electron chi connectivity index (χ3n) is 8.79. The van der Waals surface area contributed by atoms with E-state index in [9.17, 15) is 0 Å². The van der Waals surface area contributed by atoms with Crippen molar-refractivity contribution in [2.75, 3.05) is 0 Å². The molecule has 6 heterocycles. The Labute approximate surface area is 236 Å². The molecule has 0 aliphatic carbocycles. The van der Waals surface area contributed by atoms with Gasteiger partial charge in [-0.05, 0) is 85.6 Å². The molecular weight excluding hydrogens is 492 g/mol. The number of aromatic amines is 6. The van der Waals surface area contributed by atoms with E-state index in [0.717, 1.165) is 69.8 Å². The molecule has 6 aromatic heterocycles. The Kier molecular flexibility index (Phi) is 6.29. The summed E-state index contributed by atoms with van der Waals surface area (Å²) in [5.41, 5.74) is 13.5. The maximum atomic E-state index is 3.61. The Bertz CT molecular complexity index is 1610. The largest absolute Gasteiger partial charge is 0.357 e. The van der Waals surface area contributed by atoms with Crippen LogP contribution in [0.1, 0.15) is 65.8 Å². The summed E-state index contributed by atoms with van der Waals surface area (Å²) in [6, 6.07) is 25.7. The molecule has 0 bridgehead atoms. The van der Waals surface area contributed by atoms with E-state index < -0.39 is 0 Å². The predicted octanol–water partition coefficient (Wildman–Crippen LogP) is 9.37. The molecule has 0 spiro atoms. The van der Waals surface area contributed by atoms with Gasteiger partial charge in [0.15, 0.2) is 0 Å². The summed E-state index contributed by atoms with van der Waals surface area (Å²) < 4.78 is 0. The minimum atomic E-state index is 0.135. The summed E-state index contributed by atoms with van der Waals surface area (Å²) in [6.45, 7) is 13.5. The van der Waals surface area contributed by atoms with Crippen molar-refractivity contribution in [1.82, 2.24) is 29.9 Å². The summed E-state index contributed by atoms with van der Waals surface area (Å²) in [5, 5.41) is 0. The molecule has 6 N–H and O–H groups in total. The highest BCUT2D eigenvalue weighted by atomic mass is 14.9. The van der Waals surface area contributed by atoms with E-state index in [2.05, 4.69) is 144 Å². The quantitative estimate of drug-likeness (QED) is 0.107. The predicted molar refractivity (Wildman–Crippen MR) is 166 cm³/mol. The summed E-state index contributed by atoms with van der Waals surface area (Å²) >= 11 is 0.